The van der Waals surface area contributed by atoms with Gasteiger partial charge in [0.15, 0.2) is 5.96 Å². The van der Waals surface area contributed by atoms with Crippen LogP contribution in [-0.4, -0.2) is 58.4 Å². The summed E-state index contributed by atoms with van der Waals surface area (Å²) in [5, 5.41) is 0. The van der Waals surface area contributed by atoms with Gasteiger partial charge in [-0.1, -0.05) is 45.7 Å². The minimum absolute atomic E-state index is 0.564. The summed E-state index contributed by atoms with van der Waals surface area (Å²) in [6.45, 7) is 8.00. The molecule has 0 N–H and O–H groups in total. The monoisotopic (exact) mass is 271 g/mol. The minimum atomic E-state index is -0.564. The van der Waals surface area contributed by atoms with E-state index in [0.717, 1.165) is 12.5 Å². The fourth-order valence-electron chi connectivity index (χ4n) is 2.13. The first kappa shape index (κ1) is 17.5. The number of rotatable bonds is 8. The van der Waals surface area contributed by atoms with Gasteiger partial charge in [0.1, 0.15) is 0 Å². The molecular weight excluding hydrogens is 238 g/mol. The Morgan fingerprint density at radius 3 is 2.11 bits per heavy atom. The quantitative estimate of drug-likeness (QED) is 0.293. The number of nitrogens with zero attached hydrogens (tertiary/aromatic N) is 3. The lowest BCUT2D eigenvalue weighted by Crippen LogP contribution is -2.42. The molecule has 0 bridgehead atoms. The fourth-order valence-corrected chi connectivity index (χ4v) is 3.39. The van der Waals surface area contributed by atoms with Crippen LogP contribution in [0, 0.1) is 0 Å². The zero-order valence-electron chi connectivity index (χ0n) is 13.4. The molecule has 0 unspecified atom stereocenters. The van der Waals surface area contributed by atoms with Crippen LogP contribution >= 0.6 is 0 Å². The first-order valence-corrected chi connectivity index (χ1v) is 10.5. The van der Waals surface area contributed by atoms with Crippen LogP contribution in [0.5, 0.6) is 0 Å². The zero-order valence-corrected chi connectivity index (χ0v) is 14.5. The Bertz CT molecular complexity index is 227. The normalized spacial score (nSPS) is 12.1. The third kappa shape index (κ3) is 8.56. The number of hydrogen-bond acceptors (Lipinski definition) is 1. The van der Waals surface area contributed by atoms with E-state index in [9.17, 15) is 0 Å². The van der Waals surface area contributed by atoms with Crippen LogP contribution in [0.4, 0.5) is 0 Å². The van der Waals surface area contributed by atoms with E-state index in [1.165, 1.54) is 38.3 Å². The molecule has 4 heteroatoms. The summed E-state index contributed by atoms with van der Waals surface area (Å²) in [5.41, 5.74) is 0. The van der Waals surface area contributed by atoms with Crippen molar-refractivity contribution in [2.75, 3.05) is 33.9 Å². The van der Waals surface area contributed by atoms with Crippen molar-refractivity contribution in [1.82, 2.24) is 9.80 Å². The molecule has 18 heavy (non-hydrogen) atoms. The van der Waals surface area contributed by atoms with Crippen molar-refractivity contribution in [3.63, 3.8) is 0 Å². The number of guanidine groups is 1. The molecule has 0 spiro atoms. The van der Waals surface area contributed by atoms with Crippen molar-refractivity contribution >= 4 is 14.8 Å². The summed E-state index contributed by atoms with van der Waals surface area (Å²) in [4.78, 5) is 9.23. The molecule has 0 aromatic rings. The minimum Gasteiger partial charge on any atom is -0.349 e. The summed E-state index contributed by atoms with van der Waals surface area (Å²) < 4.78 is 0. The maximum atomic E-state index is 4.76. The van der Waals surface area contributed by atoms with Gasteiger partial charge >= 0.3 is 0 Å². The van der Waals surface area contributed by atoms with Crippen LogP contribution < -0.4 is 0 Å². The van der Waals surface area contributed by atoms with E-state index in [1.54, 1.807) is 0 Å². The Kier molecular flexibility index (Phi) is 10.1. The Labute approximate surface area is 116 Å². The third-order valence-corrected chi connectivity index (χ3v) is 4.17. The van der Waals surface area contributed by atoms with Crippen molar-refractivity contribution in [2.45, 2.75) is 52.1 Å². The molecule has 108 valence electrons. The summed E-state index contributed by atoms with van der Waals surface area (Å²) in [6, 6.07) is 0. The van der Waals surface area contributed by atoms with Crippen LogP contribution in [0.2, 0.25) is 13.1 Å². The first-order chi connectivity index (χ1) is 8.49. The lowest BCUT2D eigenvalue weighted by Gasteiger charge is -2.27. The topological polar surface area (TPSA) is 18.8 Å². The largest absolute Gasteiger partial charge is 0.349 e. The molecule has 0 aliphatic carbocycles. The average molecular weight is 272 g/mol. The summed E-state index contributed by atoms with van der Waals surface area (Å²) in [7, 11) is 5.79. The van der Waals surface area contributed by atoms with Crippen molar-refractivity contribution < 1.29 is 0 Å². The van der Waals surface area contributed by atoms with Crippen molar-refractivity contribution in [3.8, 4) is 0 Å². The van der Waals surface area contributed by atoms with Gasteiger partial charge in [-0.3, -0.25) is 4.99 Å². The molecular formula is C14H33N3Si. The summed E-state index contributed by atoms with van der Waals surface area (Å²) >= 11 is 0. The smallest absolute Gasteiger partial charge is 0.195 e. The Balaban J connectivity index is 4.08. The lowest BCUT2D eigenvalue weighted by molar-refractivity contribution is 0.462. The van der Waals surface area contributed by atoms with Gasteiger partial charge in [0.2, 0.25) is 0 Å². The van der Waals surface area contributed by atoms with Crippen LogP contribution in [0.25, 0.3) is 0 Å². The van der Waals surface area contributed by atoms with Crippen molar-refractivity contribution in [1.29, 1.82) is 0 Å². The second-order valence-corrected chi connectivity index (χ2v) is 8.92. The molecule has 0 saturated heterocycles. The second-order valence-electron chi connectivity index (χ2n) is 5.76. The Hall–Kier alpha value is -0.513. The van der Waals surface area contributed by atoms with Gasteiger partial charge in [-0.15, -0.1) is 0 Å². The first-order valence-electron chi connectivity index (χ1n) is 7.41. The van der Waals surface area contributed by atoms with E-state index in [1.807, 2.05) is 0 Å². The molecule has 0 heterocycles. The number of unbranched alkanes of at least 4 members (excludes halogenated alkanes) is 4. The third-order valence-electron chi connectivity index (χ3n) is 2.90. The van der Waals surface area contributed by atoms with Gasteiger partial charge in [-0.25, -0.2) is 0 Å². The molecule has 0 aromatic carbocycles. The Morgan fingerprint density at radius 2 is 1.61 bits per heavy atom. The van der Waals surface area contributed by atoms with E-state index in [2.05, 4.69) is 51.0 Å². The van der Waals surface area contributed by atoms with Gasteiger partial charge in [0.25, 0.3) is 0 Å². The van der Waals surface area contributed by atoms with Gasteiger partial charge < -0.3 is 9.80 Å². The van der Waals surface area contributed by atoms with E-state index < -0.39 is 8.80 Å². The van der Waals surface area contributed by atoms with Gasteiger partial charge in [0.05, 0.1) is 8.80 Å². The molecule has 0 fully saturated rings. The van der Waals surface area contributed by atoms with E-state index in [0.29, 0.717) is 0 Å². The predicted molar refractivity (Wildman–Crippen MR) is 86.3 cm³/mol. The molecule has 0 atom stereocenters. The van der Waals surface area contributed by atoms with Crippen LogP contribution in [-0.2, 0) is 0 Å². The van der Waals surface area contributed by atoms with Gasteiger partial charge in [-0.2, -0.15) is 0 Å². The molecule has 0 amide bonds. The average Bonchev–Trinajstić information content (AvgIpc) is 2.26. The summed E-state index contributed by atoms with van der Waals surface area (Å²) in [5.74, 6) is 1.15. The van der Waals surface area contributed by atoms with Gasteiger partial charge in [-0.05, 0) is 6.42 Å². The predicted octanol–water partition coefficient (Wildman–Crippen LogP) is 2.83. The highest BCUT2D eigenvalue weighted by Crippen LogP contribution is 2.03. The molecule has 0 aromatic heterocycles. The molecule has 0 rings (SSSR count). The van der Waals surface area contributed by atoms with Crippen LogP contribution in [0.3, 0.4) is 0 Å². The maximum absolute atomic E-state index is 4.76. The van der Waals surface area contributed by atoms with Crippen molar-refractivity contribution in [2.24, 2.45) is 4.99 Å². The summed E-state index contributed by atoms with van der Waals surface area (Å²) in [6.07, 6.45) is 7.78. The Morgan fingerprint density at radius 1 is 1.00 bits per heavy atom. The molecule has 3 nitrogen and oxygen atoms in total. The zero-order chi connectivity index (χ0) is 14.0. The highest BCUT2D eigenvalue weighted by molar-refractivity contribution is 6.56. The molecule has 0 aliphatic rings. The number of aliphatic imine (C=N–C) groups is 1. The van der Waals surface area contributed by atoms with Crippen LogP contribution in [0.15, 0.2) is 4.99 Å². The van der Waals surface area contributed by atoms with Crippen molar-refractivity contribution in [3.05, 3.63) is 0 Å². The molecule has 0 aliphatic heterocycles. The van der Waals surface area contributed by atoms with Gasteiger partial charge in [0, 0.05) is 33.9 Å². The SMILES string of the molecule is CCCCCCCN=C(N(C)C)N(C)C[SiH](C)C. The standard InChI is InChI=1S/C14H33N3Si/c1-7-8-9-10-11-12-15-14(16(2)3)17(4)13-18(5)6/h18H,7-13H2,1-6H3. The fraction of sp³-hybridized carbons (Fsp3) is 0.929. The number of hydrogen-bond donors (Lipinski definition) is 0. The van der Waals surface area contributed by atoms with Crippen LogP contribution in [0.1, 0.15) is 39.0 Å². The highest BCUT2D eigenvalue weighted by atomic mass is 28.3. The van der Waals surface area contributed by atoms with E-state index in [4.69, 9.17) is 4.99 Å². The maximum Gasteiger partial charge on any atom is 0.195 e. The molecule has 0 saturated carbocycles. The lowest BCUT2D eigenvalue weighted by atomic mass is 10.2. The molecule has 0 radical (unpaired) electrons. The van der Waals surface area contributed by atoms with E-state index in [-0.39, 0.29) is 0 Å². The van der Waals surface area contributed by atoms with E-state index >= 15 is 0 Å². The highest BCUT2D eigenvalue weighted by Gasteiger charge is 2.10. The second kappa shape index (κ2) is 10.4.